The highest BCUT2D eigenvalue weighted by atomic mass is 35.5. The highest BCUT2D eigenvalue weighted by Crippen LogP contribution is 2.36. The Bertz CT molecular complexity index is 2370. The molecule has 0 bridgehead atoms. The minimum Gasteiger partial charge on any atom is -0.481 e. The van der Waals surface area contributed by atoms with E-state index in [1.54, 1.807) is 6.92 Å². The average molecular weight is 1520 g/mol. The van der Waals surface area contributed by atoms with Crippen molar-refractivity contribution < 1.29 is 132 Å². The molecule has 0 aromatic carbocycles. The van der Waals surface area contributed by atoms with Crippen LogP contribution in [0.3, 0.4) is 0 Å². The summed E-state index contributed by atoms with van der Waals surface area (Å²) >= 11 is 1.35. The Hall–Kier alpha value is -5.13. The third-order valence-corrected chi connectivity index (χ3v) is 18.5. The van der Waals surface area contributed by atoms with Crippen LogP contribution in [0.4, 0.5) is 0 Å². The lowest BCUT2D eigenvalue weighted by atomic mass is 10.1. The number of methoxy groups -OCH3 is 7. The van der Waals surface area contributed by atoms with Gasteiger partial charge < -0.3 is 69.3 Å². The highest BCUT2D eigenvalue weighted by molar-refractivity contribution is 8.14. The fraction of sp³-hybridized carbons (Fsp3) is 0.844. The van der Waals surface area contributed by atoms with Gasteiger partial charge in [-0.1, -0.05) is 58.2 Å². The predicted octanol–water partition coefficient (Wildman–Crippen LogP) is 5.84. The molecule has 0 aromatic rings. The number of rotatable bonds is 10. The van der Waals surface area contributed by atoms with Crippen molar-refractivity contribution in [1.29, 1.82) is 0 Å². The van der Waals surface area contributed by atoms with E-state index in [9.17, 15) is 47.9 Å². The van der Waals surface area contributed by atoms with Gasteiger partial charge in [0.05, 0.1) is 110 Å². The van der Waals surface area contributed by atoms with Crippen LogP contribution in [0.5, 0.6) is 0 Å². The molecule has 0 unspecified atom stereocenters. The summed E-state index contributed by atoms with van der Waals surface area (Å²) in [6.07, 6.45) is 21.6. The molecule has 578 valence electrons. The molecule has 9 rings (SSSR count). The van der Waals surface area contributed by atoms with Crippen molar-refractivity contribution in [3.05, 3.63) is 0 Å². The number of aliphatic hydroxyl groups is 3. The smallest absolute Gasteiger partial charge is 0.425 e. The van der Waals surface area contributed by atoms with E-state index in [1.807, 2.05) is 0 Å². The van der Waals surface area contributed by atoms with Crippen LogP contribution in [-0.2, 0) is 102 Å². The summed E-state index contributed by atoms with van der Waals surface area (Å²) < 4.78 is 82.8. The second-order valence-corrected chi connectivity index (χ2v) is 27.5. The number of aliphatic hydroxyl groups excluding tert-OH is 3. The monoisotopic (exact) mass is 1520 g/mol. The number of thioether (sulfide) groups is 1. The first-order valence-corrected chi connectivity index (χ1v) is 35.7. The van der Waals surface area contributed by atoms with Crippen LogP contribution in [0.25, 0.3) is 0 Å². The zero-order valence-electron chi connectivity index (χ0n) is 59.0. The number of hydrogen-bond donors (Lipinski definition) is 7. The van der Waals surface area contributed by atoms with Gasteiger partial charge in [-0.3, -0.25) is 47.9 Å². The molecule has 9 fully saturated rings. The number of ether oxygens (including phenoxy) is 7. The average Bonchev–Trinajstić information content (AvgIpc) is 1.90. The van der Waals surface area contributed by atoms with Gasteiger partial charge in [0.1, 0.15) is 12.1 Å². The molecule has 14 atom stereocenters. The van der Waals surface area contributed by atoms with Gasteiger partial charge in [0.15, 0.2) is 5.12 Å². The number of nitrogens with one attached hydrogen (secondary N) is 2. The number of carbonyl (C=O) groups is 10. The molecule has 2 heterocycles. The van der Waals surface area contributed by atoms with Crippen molar-refractivity contribution in [2.45, 2.75) is 224 Å². The Morgan fingerprint density at radius 3 is 0.909 bits per heavy atom. The highest BCUT2D eigenvalue weighted by Gasteiger charge is 2.34. The van der Waals surface area contributed by atoms with Gasteiger partial charge in [0.25, 0.3) is 0 Å². The molecule has 7 saturated carbocycles. The number of aliphatic carboxylic acids is 2. The van der Waals surface area contributed by atoms with Gasteiger partial charge in [-0.2, -0.15) is 0 Å². The molecule has 9 aliphatic rings. The largest absolute Gasteiger partial charge is 0.481 e. The van der Waals surface area contributed by atoms with E-state index in [1.165, 1.54) is 87.2 Å². The molecule has 35 heteroatoms. The molecule has 0 amide bonds. The summed E-state index contributed by atoms with van der Waals surface area (Å²) in [5, 5.41) is 50.1. The molecule has 99 heavy (non-hydrogen) atoms. The fourth-order valence-corrected chi connectivity index (χ4v) is 13.2. The van der Waals surface area contributed by atoms with Crippen LogP contribution in [0.15, 0.2) is 0 Å². The number of hydrogen-bond acceptors (Lipinski definition) is 29. The molecular weight excluding hydrogens is 1410 g/mol. The Labute approximate surface area is 602 Å². The van der Waals surface area contributed by atoms with Crippen molar-refractivity contribution in [3.63, 3.8) is 0 Å². The zero-order valence-corrected chi connectivity index (χ0v) is 63.1. The quantitative estimate of drug-likeness (QED) is 0.0997. The maximum atomic E-state index is 11.1. The summed E-state index contributed by atoms with van der Waals surface area (Å²) in [4.78, 5) is 107. The third-order valence-electron chi connectivity index (χ3n) is 17.4. The van der Waals surface area contributed by atoms with E-state index < -0.39 is 39.3 Å². The number of esters is 7. The van der Waals surface area contributed by atoms with Crippen molar-refractivity contribution in [2.24, 2.45) is 59.2 Å². The lowest BCUT2D eigenvalue weighted by molar-refractivity contribution is -0.146. The Balaban J connectivity index is -0.000000505. The molecule has 0 spiro atoms. The van der Waals surface area contributed by atoms with Crippen LogP contribution in [0.2, 0.25) is 0 Å². The zero-order chi connectivity index (χ0) is 74.3. The number of halogens is 2. The van der Waals surface area contributed by atoms with Gasteiger partial charge in [0.2, 0.25) is 0 Å². The van der Waals surface area contributed by atoms with E-state index >= 15 is 0 Å². The van der Waals surface area contributed by atoms with Crippen LogP contribution < -0.4 is 10.6 Å². The lowest BCUT2D eigenvalue weighted by Crippen LogP contribution is -2.31. The second-order valence-electron chi connectivity index (χ2n) is 25.2. The maximum Gasteiger partial charge on any atom is 0.425 e. The van der Waals surface area contributed by atoms with Gasteiger partial charge in [-0.05, 0) is 153 Å². The van der Waals surface area contributed by atoms with E-state index in [4.69, 9.17) is 50.8 Å². The first-order valence-electron chi connectivity index (χ1n) is 32.9. The van der Waals surface area contributed by atoms with Crippen molar-refractivity contribution >= 4 is 117 Å². The van der Waals surface area contributed by atoms with Gasteiger partial charge in [-0.25, -0.2) is 0 Å². The number of carboxylic acid groups (broad SMARTS) is 2. The van der Waals surface area contributed by atoms with E-state index in [-0.39, 0.29) is 137 Å². The third kappa shape index (κ3) is 48.4. The molecule has 0 aromatic heterocycles. The number of carbonyl (C=O) groups excluding carboxylic acids is 8. The molecule has 7 aliphatic carbocycles. The van der Waals surface area contributed by atoms with E-state index in [0.29, 0.717) is 61.7 Å². The Kier molecular flexibility index (Phi) is 59.1. The molecule has 2 aliphatic heterocycles. The SMILES string of the molecule is COC(=O)C1CCCC1.COC(=O)[C@@H]1C[C@H](C)CN1.COC(=O)[C@@H]1C[C@H](O)CN1.COC(=O)[C@H]1CC[C@@H](C)C1.COC(=O)[C@H]1CC[C@@H](C)C1.COC(=O)[C@H]1CC[C@@H](O)C1.COC(=O)[C@H]1CC[C@H](SC(C)=O)C1.Cl.Cl.O=C(O)C1CCCC1.O=C(O)[C@H]1CC[C@@H](O)C1.O=S(=O)=O.O=S(=O)=O. The van der Waals surface area contributed by atoms with Crippen molar-refractivity contribution in [1.82, 2.24) is 10.6 Å². The predicted molar refractivity (Wildman–Crippen MR) is 364 cm³/mol. The summed E-state index contributed by atoms with van der Waals surface area (Å²) in [6.45, 7) is 9.47. The van der Waals surface area contributed by atoms with Crippen LogP contribution in [-0.4, -0.2) is 208 Å². The molecule has 30 nitrogen and oxygen atoms in total. The number of β-amino-alcohol motifs (C(OH)–C–C–N with tert-alkyl or cyclic N) is 1. The summed E-state index contributed by atoms with van der Waals surface area (Å²) in [6, 6.07) is -0.361. The van der Waals surface area contributed by atoms with Crippen molar-refractivity contribution in [2.75, 3.05) is 62.9 Å². The first kappa shape index (κ1) is 100. The van der Waals surface area contributed by atoms with Crippen LogP contribution >= 0.6 is 36.6 Å². The molecule has 0 radical (unpaired) electrons. The molecule has 2 saturated heterocycles. The fourth-order valence-electron chi connectivity index (χ4n) is 12.1. The van der Waals surface area contributed by atoms with E-state index in [2.05, 4.69) is 64.6 Å². The van der Waals surface area contributed by atoms with Gasteiger partial charge >= 0.3 is 74.9 Å². The van der Waals surface area contributed by atoms with Crippen LogP contribution in [0.1, 0.15) is 188 Å². The van der Waals surface area contributed by atoms with E-state index in [0.717, 1.165) is 109 Å². The van der Waals surface area contributed by atoms with Gasteiger partial charge in [0, 0.05) is 25.1 Å². The summed E-state index contributed by atoms with van der Waals surface area (Å²) in [5.74, 6) is 0.0866. The topological polar surface area (TPSA) is 463 Å². The normalized spacial score (nSPS) is 27.1. The summed E-state index contributed by atoms with van der Waals surface area (Å²) in [7, 11) is 3.72. The number of carboxylic acids is 2. The standard InChI is InChI=1S/C9H14O3S.2C8H14O2.C7H13NO2.C7H12O3.C7H12O2.C6H11NO3.C6H10O3.C6H10O2.2ClH.2O3S/c1-6(10)13-8-4-3-7(5-8)9(11)12-2;2*1-6-3-4-7(5-6)8(9)10-2;1-5-3-6(8-4-5)7(9)10-2;1-10-7(9)5-2-3-6(8)4-5;1-9-7(8)6-4-2-3-5-6;1-10-6(9)5-2-4(8)3-7-5;7-5-2-1-4(3-5)6(8)9;7-6(8)5-3-1-2-4-5;;;2*1-4(2)3/h7-8H,3-5H2,1-2H3;2*6-7H,3-5H2,1-2H3;5-6,8H,3-4H2,1-2H3;5-6,8H,2-4H2,1H3;6H,2-5H2,1H3;4-5,7-8H,2-3H2,1H3;4-5,7H,1-3H2,(H,8,9);5H,1-4H2,(H,7,8);2*1H;;/t7-,8-;2*6-,7+;5-,6-;5-,6+;;4-,5-;4-,5+;;;;;/m01100.00...../s1. The summed E-state index contributed by atoms with van der Waals surface area (Å²) in [5.41, 5.74) is 0. The second kappa shape index (κ2) is 58.4. The van der Waals surface area contributed by atoms with Gasteiger partial charge in [-0.15, -0.1) is 50.1 Å². The van der Waals surface area contributed by atoms with Crippen molar-refractivity contribution in [3.8, 4) is 0 Å². The Morgan fingerprint density at radius 2 is 0.646 bits per heavy atom. The molecular formula is C64H112Cl2N2O28S3. The minimum absolute atomic E-state index is 0. The van der Waals surface area contributed by atoms with Crippen LogP contribution in [0, 0.1) is 59.2 Å². The lowest BCUT2D eigenvalue weighted by Gasteiger charge is -2.07. The minimum atomic E-state index is -3.11. The first-order chi connectivity index (χ1) is 45.6. The Morgan fingerprint density at radius 1 is 0.343 bits per heavy atom. The molecule has 7 N–H and O–H groups in total. The maximum absolute atomic E-state index is 11.1.